The molecule has 0 unspecified atom stereocenters. The minimum Gasteiger partial charge on any atom is -0.368 e. The SMILES string of the molecule is CNC1CN(c2cc(Nc3ccc(F)cc3)nc(N)n2)C1. The molecule has 0 radical (unpaired) electrons. The molecule has 0 spiro atoms. The molecule has 0 atom stereocenters. The number of likely N-dealkylation sites (N-methyl/N-ethyl adjacent to an activating group) is 1. The van der Waals surface area contributed by atoms with Gasteiger partial charge in [0.2, 0.25) is 5.95 Å². The molecule has 1 fully saturated rings. The third-order valence-corrected chi connectivity index (χ3v) is 3.46. The number of nitrogens with two attached hydrogens (primary N) is 1. The van der Waals surface area contributed by atoms with Crippen LogP contribution in [-0.2, 0) is 0 Å². The molecule has 0 bridgehead atoms. The summed E-state index contributed by atoms with van der Waals surface area (Å²) >= 11 is 0. The number of anilines is 4. The zero-order chi connectivity index (χ0) is 14.8. The lowest BCUT2D eigenvalue weighted by molar-refractivity contribution is 0.447. The first-order chi connectivity index (χ1) is 10.1. The van der Waals surface area contributed by atoms with Crippen molar-refractivity contribution in [3.63, 3.8) is 0 Å². The van der Waals surface area contributed by atoms with Crippen molar-refractivity contribution in [3.05, 3.63) is 36.1 Å². The van der Waals surface area contributed by atoms with Crippen LogP contribution in [0.4, 0.5) is 27.7 Å². The average molecular weight is 288 g/mol. The maximum atomic E-state index is 12.9. The summed E-state index contributed by atoms with van der Waals surface area (Å²) in [6.07, 6.45) is 0. The number of aromatic nitrogens is 2. The van der Waals surface area contributed by atoms with Crippen LogP contribution >= 0.6 is 0 Å². The minimum atomic E-state index is -0.276. The van der Waals surface area contributed by atoms with E-state index in [2.05, 4.69) is 25.5 Å². The lowest BCUT2D eigenvalue weighted by Gasteiger charge is -2.40. The minimum absolute atomic E-state index is 0.213. The van der Waals surface area contributed by atoms with Crippen molar-refractivity contribution in [2.75, 3.05) is 36.1 Å². The number of hydrogen-bond acceptors (Lipinski definition) is 6. The van der Waals surface area contributed by atoms with Gasteiger partial charge in [-0.3, -0.25) is 0 Å². The van der Waals surface area contributed by atoms with Gasteiger partial charge in [-0.25, -0.2) is 4.39 Å². The molecular weight excluding hydrogens is 271 g/mol. The summed E-state index contributed by atoms with van der Waals surface area (Å²) in [7, 11) is 1.94. The highest BCUT2D eigenvalue weighted by molar-refractivity contribution is 5.61. The van der Waals surface area contributed by atoms with Gasteiger partial charge in [0.1, 0.15) is 17.5 Å². The molecule has 2 aromatic rings. The molecule has 1 aromatic carbocycles. The van der Waals surface area contributed by atoms with Crippen LogP contribution in [0.25, 0.3) is 0 Å². The van der Waals surface area contributed by atoms with Gasteiger partial charge in [0.05, 0.1) is 0 Å². The predicted molar refractivity (Wildman–Crippen MR) is 81.2 cm³/mol. The maximum Gasteiger partial charge on any atom is 0.223 e. The lowest BCUT2D eigenvalue weighted by atomic mass is 10.1. The summed E-state index contributed by atoms with van der Waals surface area (Å²) in [6, 6.07) is 8.39. The molecule has 1 saturated heterocycles. The van der Waals surface area contributed by atoms with E-state index in [0.29, 0.717) is 11.9 Å². The van der Waals surface area contributed by atoms with E-state index < -0.39 is 0 Å². The lowest BCUT2D eigenvalue weighted by Crippen LogP contribution is -2.57. The highest BCUT2D eigenvalue weighted by Gasteiger charge is 2.26. The number of hydrogen-bond donors (Lipinski definition) is 3. The normalized spacial score (nSPS) is 14.9. The van der Waals surface area contributed by atoms with Crippen molar-refractivity contribution in [2.24, 2.45) is 0 Å². The number of nitrogens with zero attached hydrogens (tertiary/aromatic N) is 3. The maximum absolute atomic E-state index is 12.9. The Labute approximate surface area is 122 Å². The Morgan fingerprint density at radius 2 is 1.95 bits per heavy atom. The van der Waals surface area contributed by atoms with Crippen molar-refractivity contribution in [3.8, 4) is 0 Å². The van der Waals surface area contributed by atoms with Gasteiger partial charge in [-0.15, -0.1) is 0 Å². The van der Waals surface area contributed by atoms with Gasteiger partial charge in [0.15, 0.2) is 0 Å². The van der Waals surface area contributed by atoms with E-state index in [1.165, 1.54) is 12.1 Å². The molecule has 110 valence electrons. The van der Waals surface area contributed by atoms with E-state index in [4.69, 9.17) is 5.73 Å². The number of halogens is 1. The fourth-order valence-electron chi connectivity index (χ4n) is 2.21. The smallest absolute Gasteiger partial charge is 0.223 e. The Morgan fingerprint density at radius 1 is 1.24 bits per heavy atom. The third kappa shape index (κ3) is 3.03. The fourth-order valence-corrected chi connectivity index (χ4v) is 2.21. The topological polar surface area (TPSA) is 79.1 Å². The van der Waals surface area contributed by atoms with Crippen molar-refractivity contribution in [2.45, 2.75) is 6.04 Å². The van der Waals surface area contributed by atoms with E-state index in [9.17, 15) is 4.39 Å². The Balaban J connectivity index is 1.76. The van der Waals surface area contributed by atoms with Crippen LogP contribution in [0, 0.1) is 5.82 Å². The molecule has 0 saturated carbocycles. The van der Waals surface area contributed by atoms with Crippen LogP contribution < -0.4 is 21.3 Å². The van der Waals surface area contributed by atoms with Crippen molar-refractivity contribution >= 4 is 23.3 Å². The molecule has 4 N–H and O–H groups in total. The molecule has 1 aromatic heterocycles. The second kappa shape index (κ2) is 5.53. The molecule has 1 aliphatic rings. The predicted octanol–water partition coefficient (Wildman–Crippen LogP) is 1.35. The number of benzene rings is 1. The highest BCUT2D eigenvalue weighted by Crippen LogP contribution is 2.24. The molecule has 21 heavy (non-hydrogen) atoms. The Hall–Kier alpha value is -2.41. The van der Waals surface area contributed by atoms with Crippen LogP contribution in [-0.4, -0.2) is 36.1 Å². The van der Waals surface area contributed by atoms with Crippen molar-refractivity contribution < 1.29 is 4.39 Å². The summed E-state index contributed by atoms with van der Waals surface area (Å²) in [6.45, 7) is 1.78. The monoisotopic (exact) mass is 288 g/mol. The summed E-state index contributed by atoms with van der Waals surface area (Å²) < 4.78 is 12.9. The molecule has 1 aliphatic heterocycles. The largest absolute Gasteiger partial charge is 0.368 e. The standard InChI is InChI=1S/C14H17FN6/c1-17-11-7-21(8-11)13-6-12(19-14(16)20-13)18-10-4-2-9(15)3-5-10/h2-6,11,17H,7-8H2,1H3,(H3,16,18,19,20). The van der Waals surface area contributed by atoms with Crippen LogP contribution in [0.2, 0.25) is 0 Å². The number of nitrogens with one attached hydrogen (secondary N) is 2. The Bertz CT molecular complexity index is 624. The van der Waals surface area contributed by atoms with E-state index in [1.807, 2.05) is 13.1 Å². The summed E-state index contributed by atoms with van der Waals surface area (Å²) in [5, 5.41) is 6.31. The highest BCUT2D eigenvalue weighted by atomic mass is 19.1. The summed E-state index contributed by atoms with van der Waals surface area (Å²) in [5.41, 5.74) is 6.50. The van der Waals surface area contributed by atoms with Crippen LogP contribution in [0.3, 0.4) is 0 Å². The van der Waals surface area contributed by atoms with Crippen LogP contribution in [0.15, 0.2) is 30.3 Å². The summed E-state index contributed by atoms with van der Waals surface area (Å²) in [5.74, 6) is 1.32. The molecule has 0 amide bonds. The van der Waals surface area contributed by atoms with Gasteiger partial charge in [-0.1, -0.05) is 0 Å². The zero-order valence-electron chi connectivity index (χ0n) is 11.7. The van der Waals surface area contributed by atoms with Crippen molar-refractivity contribution in [1.29, 1.82) is 0 Å². The van der Waals surface area contributed by atoms with E-state index in [1.54, 1.807) is 12.1 Å². The Kier molecular flexibility index (Phi) is 3.57. The van der Waals surface area contributed by atoms with Gasteiger partial charge in [0, 0.05) is 30.9 Å². The van der Waals surface area contributed by atoms with E-state index in [-0.39, 0.29) is 11.8 Å². The fraction of sp³-hybridized carbons (Fsp3) is 0.286. The molecule has 3 rings (SSSR count). The van der Waals surface area contributed by atoms with E-state index >= 15 is 0 Å². The van der Waals surface area contributed by atoms with Crippen LogP contribution in [0.1, 0.15) is 0 Å². The van der Waals surface area contributed by atoms with Crippen molar-refractivity contribution in [1.82, 2.24) is 15.3 Å². The van der Waals surface area contributed by atoms with Gasteiger partial charge in [-0.05, 0) is 31.3 Å². The van der Waals surface area contributed by atoms with Gasteiger partial charge < -0.3 is 21.3 Å². The first-order valence-electron chi connectivity index (χ1n) is 6.73. The van der Waals surface area contributed by atoms with Crippen LogP contribution in [0.5, 0.6) is 0 Å². The van der Waals surface area contributed by atoms with E-state index in [0.717, 1.165) is 24.6 Å². The molecule has 0 aliphatic carbocycles. The van der Waals surface area contributed by atoms with Gasteiger partial charge >= 0.3 is 0 Å². The second-order valence-electron chi connectivity index (χ2n) is 4.99. The molecular formula is C14H17FN6. The first kappa shape index (κ1) is 13.6. The summed E-state index contributed by atoms with van der Waals surface area (Å²) in [4.78, 5) is 10.5. The quantitative estimate of drug-likeness (QED) is 0.788. The van der Waals surface area contributed by atoms with Gasteiger partial charge in [-0.2, -0.15) is 9.97 Å². The van der Waals surface area contributed by atoms with Gasteiger partial charge in [0.25, 0.3) is 0 Å². The average Bonchev–Trinajstić information content (AvgIpc) is 2.40. The number of rotatable bonds is 4. The molecule has 7 heteroatoms. The third-order valence-electron chi connectivity index (χ3n) is 3.46. The first-order valence-corrected chi connectivity index (χ1v) is 6.73. The second-order valence-corrected chi connectivity index (χ2v) is 4.99. The molecule has 2 heterocycles. The molecule has 6 nitrogen and oxygen atoms in total. The Morgan fingerprint density at radius 3 is 2.62 bits per heavy atom. The number of nitrogen functional groups attached to an aromatic ring is 1. The zero-order valence-corrected chi connectivity index (χ0v) is 11.7.